The van der Waals surface area contributed by atoms with E-state index in [1.165, 1.54) is 92.2 Å². The first-order valence-corrected chi connectivity index (χ1v) is 21.8. The van der Waals surface area contributed by atoms with Crippen molar-refractivity contribution in [1.29, 1.82) is 0 Å². The summed E-state index contributed by atoms with van der Waals surface area (Å²) >= 11 is 0. The average Bonchev–Trinajstić information content (AvgIpc) is 3.95. The molecule has 0 saturated heterocycles. The molecule has 2 radical (unpaired) electrons. The van der Waals surface area contributed by atoms with Gasteiger partial charge in [-0.2, -0.15) is 0 Å². The van der Waals surface area contributed by atoms with E-state index in [1.54, 1.807) is 16.3 Å². The fraction of sp³-hybridized carbons (Fsp3) is 0.160. The Bertz CT molecular complexity index is 2120. The van der Waals surface area contributed by atoms with Crippen LogP contribution in [-0.2, 0) is 17.1 Å². The molecule has 0 amide bonds. The number of benzene rings is 8. The maximum Gasteiger partial charge on any atom is 0.00906 e. The van der Waals surface area contributed by atoms with E-state index in [0.29, 0.717) is 0 Å². The molecule has 2 saturated carbocycles. The Morgan fingerprint density at radius 2 is 0.755 bits per heavy atom. The standard InChI is InChI=1S/C25H23P.C25H21P.Fe/c2*1-5-15-22-19(9-1)11-7-17-24(22)26(21-13-3-4-14-21)25-18-8-12-20-10-2-6-16-23(20)25;/h1-2,5-12,15-18,21H,3-4,13-14H2;1-3,5-12,15-18H,4,13-14H2;. The second-order valence-corrected chi connectivity index (χ2v) is 18.9. The molecule has 0 nitrogen and oxygen atoms in total. The Labute approximate surface area is 328 Å². The maximum absolute atomic E-state index is 2.46. The van der Waals surface area contributed by atoms with Gasteiger partial charge in [0.2, 0.25) is 0 Å². The topological polar surface area (TPSA) is 0 Å². The molecule has 2 aliphatic rings. The number of hydrogen-bond donors (Lipinski definition) is 0. The Kier molecular flexibility index (Phi) is 11.4. The van der Waals surface area contributed by atoms with Crippen molar-refractivity contribution in [3.8, 4) is 0 Å². The predicted molar refractivity (Wildman–Crippen MR) is 232 cm³/mol. The van der Waals surface area contributed by atoms with E-state index in [4.69, 9.17) is 0 Å². The molecule has 0 unspecified atom stereocenters. The summed E-state index contributed by atoms with van der Waals surface area (Å²) in [7, 11) is -0.818. The fourth-order valence-electron chi connectivity index (χ4n) is 8.64. The number of rotatable bonds is 6. The van der Waals surface area contributed by atoms with Gasteiger partial charge in [0.1, 0.15) is 0 Å². The third kappa shape index (κ3) is 7.36. The summed E-state index contributed by atoms with van der Waals surface area (Å²) in [5, 5.41) is 17.3. The van der Waals surface area contributed by atoms with Crippen molar-refractivity contribution in [2.75, 3.05) is 0 Å². The quantitative estimate of drug-likeness (QED) is 0.117. The van der Waals surface area contributed by atoms with Gasteiger partial charge in [-0.3, -0.25) is 0 Å². The third-order valence-electron chi connectivity index (χ3n) is 11.1. The van der Waals surface area contributed by atoms with Gasteiger partial charge >= 0.3 is 0 Å². The average molecular weight is 763 g/mol. The zero-order valence-corrected chi connectivity index (χ0v) is 32.9. The summed E-state index contributed by atoms with van der Waals surface area (Å²) in [4.78, 5) is 0. The Morgan fingerprint density at radius 3 is 1.15 bits per heavy atom. The monoisotopic (exact) mass is 762 g/mol. The first-order valence-electron chi connectivity index (χ1n) is 19.0. The summed E-state index contributed by atoms with van der Waals surface area (Å²) in [6.07, 6.45) is 11.6. The van der Waals surface area contributed by atoms with E-state index < -0.39 is 7.92 Å². The maximum atomic E-state index is 2.46. The van der Waals surface area contributed by atoms with Crippen LogP contribution in [0.4, 0.5) is 0 Å². The molecule has 0 heterocycles. The van der Waals surface area contributed by atoms with Gasteiger partial charge in [-0.05, 0) is 124 Å². The van der Waals surface area contributed by atoms with Crippen LogP contribution in [-0.4, -0.2) is 5.66 Å². The van der Waals surface area contributed by atoms with E-state index in [0.717, 1.165) is 12.1 Å². The molecule has 2 fully saturated rings. The van der Waals surface area contributed by atoms with Crippen LogP contribution in [0, 0.1) is 12.1 Å². The van der Waals surface area contributed by atoms with Crippen LogP contribution in [0.2, 0.25) is 0 Å². The van der Waals surface area contributed by atoms with Crippen LogP contribution < -0.4 is 21.2 Å². The fourth-order valence-corrected chi connectivity index (χ4v) is 15.0. The van der Waals surface area contributed by atoms with Crippen LogP contribution >= 0.6 is 15.8 Å². The van der Waals surface area contributed by atoms with Crippen LogP contribution in [0.15, 0.2) is 170 Å². The van der Waals surface area contributed by atoms with E-state index >= 15 is 0 Å². The predicted octanol–water partition coefficient (Wildman–Crippen LogP) is 12.7. The Hall–Kier alpha value is -3.82. The van der Waals surface area contributed by atoms with Crippen molar-refractivity contribution < 1.29 is 17.1 Å². The molecule has 8 aromatic rings. The number of fused-ring (bicyclic) bond motifs is 4. The van der Waals surface area contributed by atoms with Gasteiger partial charge in [0.05, 0.1) is 0 Å². The summed E-state index contributed by atoms with van der Waals surface area (Å²) in [6.45, 7) is 0. The largest absolute Gasteiger partial charge is 0.0616 e. The third-order valence-corrected chi connectivity index (χ3v) is 16.9. The van der Waals surface area contributed by atoms with Crippen molar-refractivity contribution in [2.24, 2.45) is 0 Å². The van der Waals surface area contributed by atoms with Crippen molar-refractivity contribution in [3.63, 3.8) is 0 Å². The van der Waals surface area contributed by atoms with Crippen LogP contribution in [0.25, 0.3) is 43.1 Å². The molecule has 0 N–H and O–H groups in total. The van der Waals surface area contributed by atoms with Crippen molar-refractivity contribution >= 4 is 80.2 Å². The summed E-state index contributed by atoms with van der Waals surface area (Å²) in [6, 6.07) is 63.0. The number of hydrogen-bond acceptors (Lipinski definition) is 0. The van der Waals surface area contributed by atoms with Gasteiger partial charge < -0.3 is 0 Å². The van der Waals surface area contributed by atoms with Crippen molar-refractivity contribution in [3.05, 3.63) is 182 Å². The van der Waals surface area contributed by atoms with Crippen LogP contribution in [0.3, 0.4) is 0 Å². The molecule has 0 spiro atoms. The molecular formula is C50H44FeP2. The molecule has 3 heteroatoms. The van der Waals surface area contributed by atoms with Gasteiger partial charge in [0.25, 0.3) is 0 Å². The van der Waals surface area contributed by atoms with E-state index in [2.05, 4.69) is 176 Å². The van der Waals surface area contributed by atoms with E-state index in [9.17, 15) is 0 Å². The van der Waals surface area contributed by atoms with Gasteiger partial charge in [0, 0.05) is 22.7 Å². The zero-order valence-electron chi connectivity index (χ0n) is 30.0. The minimum Gasteiger partial charge on any atom is -0.0616 e. The Morgan fingerprint density at radius 1 is 0.396 bits per heavy atom. The minimum atomic E-state index is -0.466. The molecule has 53 heavy (non-hydrogen) atoms. The van der Waals surface area contributed by atoms with Gasteiger partial charge in [-0.1, -0.05) is 183 Å². The molecule has 0 atom stereocenters. The molecule has 262 valence electrons. The van der Waals surface area contributed by atoms with Crippen molar-refractivity contribution in [2.45, 2.75) is 50.6 Å². The molecule has 10 rings (SSSR count). The molecule has 0 aliphatic heterocycles. The smallest absolute Gasteiger partial charge is 0.00906 e. The van der Waals surface area contributed by atoms with E-state index in [1.807, 2.05) is 0 Å². The van der Waals surface area contributed by atoms with E-state index in [-0.39, 0.29) is 25.0 Å². The summed E-state index contributed by atoms with van der Waals surface area (Å²) < 4.78 is 0. The van der Waals surface area contributed by atoms with Gasteiger partial charge in [-0.15, -0.1) is 0 Å². The minimum absolute atomic E-state index is 0. The first-order chi connectivity index (χ1) is 25.8. The second kappa shape index (κ2) is 16.7. The molecule has 0 bridgehead atoms. The van der Waals surface area contributed by atoms with Crippen LogP contribution in [0.1, 0.15) is 44.9 Å². The molecular weight excluding hydrogens is 718 g/mol. The second-order valence-electron chi connectivity index (χ2n) is 14.2. The summed E-state index contributed by atoms with van der Waals surface area (Å²) in [5.74, 6) is 0. The van der Waals surface area contributed by atoms with Gasteiger partial charge in [0.15, 0.2) is 0 Å². The first kappa shape index (κ1) is 36.2. The SMILES string of the molecule is [CH]1CC[C](P(c2cccc3ccccc23)c2cccc3ccccc23)C1.[Fe].c1ccc2c(P(c3cccc4ccccc34)C3CCCC3)cccc2c1. The zero-order chi connectivity index (χ0) is 34.7. The van der Waals surface area contributed by atoms with Gasteiger partial charge in [-0.25, -0.2) is 0 Å². The Balaban J connectivity index is 0.000000148. The van der Waals surface area contributed by atoms with Crippen LogP contribution in [0.5, 0.6) is 0 Å². The molecule has 2 aliphatic carbocycles. The van der Waals surface area contributed by atoms with Crippen molar-refractivity contribution in [1.82, 2.24) is 0 Å². The molecule has 0 aromatic heterocycles. The molecule has 8 aromatic carbocycles. The normalized spacial score (nSPS) is 15.0. The summed E-state index contributed by atoms with van der Waals surface area (Å²) in [5.41, 5.74) is 2.52.